The zero-order chi connectivity index (χ0) is 20.3. The highest BCUT2D eigenvalue weighted by atomic mass is 35.5. The summed E-state index contributed by atoms with van der Waals surface area (Å²) < 4.78 is 13.3. The minimum absolute atomic E-state index is 0.135. The molecule has 1 heterocycles. The van der Waals surface area contributed by atoms with Gasteiger partial charge in [0, 0.05) is 5.56 Å². The highest BCUT2D eigenvalue weighted by Gasteiger charge is 2.27. The Hall–Kier alpha value is -2.93. The Kier molecular flexibility index (Phi) is 5.94. The first kappa shape index (κ1) is 19.8. The maximum atomic E-state index is 13.3. The van der Waals surface area contributed by atoms with Gasteiger partial charge in [-0.05, 0) is 36.2 Å². The number of anilines is 1. The van der Waals surface area contributed by atoms with E-state index in [9.17, 15) is 14.0 Å². The number of imidazole rings is 1. The lowest BCUT2D eigenvalue weighted by Gasteiger charge is -2.23. The van der Waals surface area contributed by atoms with Gasteiger partial charge >= 0.3 is 0 Å². The molecule has 0 saturated carbocycles. The molecule has 0 aliphatic heterocycles. The van der Waals surface area contributed by atoms with Gasteiger partial charge in [-0.1, -0.05) is 44.0 Å². The maximum absolute atomic E-state index is 13.3. The van der Waals surface area contributed by atoms with Crippen LogP contribution in [0.4, 0.5) is 10.3 Å². The Balaban J connectivity index is 1.77. The summed E-state index contributed by atoms with van der Waals surface area (Å²) in [6, 6.07) is 10.3. The summed E-state index contributed by atoms with van der Waals surface area (Å²) in [6.07, 6.45) is 0.669. The van der Waals surface area contributed by atoms with E-state index in [1.54, 1.807) is 0 Å². The zero-order valence-corrected chi connectivity index (χ0v) is 16.2. The summed E-state index contributed by atoms with van der Waals surface area (Å²) in [5.74, 6) is -1.34. The largest absolute Gasteiger partial charge is 0.340 e. The molecule has 2 atom stereocenters. The smallest absolute Gasteiger partial charge is 0.251 e. The highest BCUT2D eigenvalue weighted by Crippen LogP contribution is 2.18. The summed E-state index contributed by atoms with van der Waals surface area (Å²) >= 11 is 5.75. The van der Waals surface area contributed by atoms with Gasteiger partial charge < -0.3 is 10.3 Å². The number of carbonyl (C=O) groups excluding carboxylic acids is 2. The predicted molar refractivity (Wildman–Crippen MR) is 107 cm³/mol. The molecule has 1 aromatic heterocycles. The average molecular weight is 403 g/mol. The van der Waals surface area contributed by atoms with E-state index in [4.69, 9.17) is 11.6 Å². The van der Waals surface area contributed by atoms with Gasteiger partial charge in [-0.25, -0.2) is 9.37 Å². The molecule has 2 aromatic carbocycles. The van der Waals surface area contributed by atoms with Crippen molar-refractivity contribution in [3.05, 3.63) is 58.9 Å². The number of para-hydroxylation sites is 2. The zero-order valence-electron chi connectivity index (χ0n) is 15.4. The topological polar surface area (TPSA) is 86.9 Å². The number of hydrogen-bond donors (Lipinski definition) is 3. The molecule has 0 radical (unpaired) electrons. The molecule has 0 unspecified atom stereocenters. The first-order valence-electron chi connectivity index (χ1n) is 8.90. The lowest BCUT2D eigenvalue weighted by atomic mass is 9.98. The third-order valence-corrected chi connectivity index (χ3v) is 4.88. The third kappa shape index (κ3) is 4.31. The van der Waals surface area contributed by atoms with Gasteiger partial charge in [-0.3, -0.25) is 14.9 Å². The number of aromatic nitrogens is 2. The van der Waals surface area contributed by atoms with Crippen LogP contribution in [0.5, 0.6) is 0 Å². The number of benzene rings is 2. The van der Waals surface area contributed by atoms with Crippen molar-refractivity contribution in [2.45, 2.75) is 26.3 Å². The van der Waals surface area contributed by atoms with Crippen molar-refractivity contribution in [3.8, 4) is 0 Å². The molecule has 6 nitrogen and oxygen atoms in total. The Morgan fingerprint density at radius 1 is 1.25 bits per heavy atom. The monoisotopic (exact) mass is 402 g/mol. The Labute approximate surface area is 166 Å². The minimum Gasteiger partial charge on any atom is -0.340 e. The standard InChI is InChI=1S/C20H20ClFN4O2/c1-3-11(2)17(25-18(27)12-8-9-14(22)13(21)10-12)19(28)26-20-23-15-6-4-5-7-16(15)24-20/h4-11,17H,3H2,1-2H3,(H,25,27)(H2,23,24,26,28)/t11-,17+/m1/s1. The molecular weight excluding hydrogens is 383 g/mol. The lowest BCUT2D eigenvalue weighted by molar-refractivity contribution is -0.119. The SMILES string of the molecule is CC[C@@H](C)[C@H](NC(=O)c1ccc(F)c(Cl)c1)C(=O)Nc1nc2ccccc2[nH]1. The van der Waals surface area contributed by atoms with Gasteiger partial charge in [0.05, 0.1) is 16.1 Å². The molecule has 3 aromatic rings. The molecule has 0 spiro atoms. The summed E-state index contributed by atoms with van der Waals surface area (Å²) in [5, 5.41) is 5.28. The van der Waals surface area contributed by atoms with Crippen molar-refractivity contribution >= 4 is 40.4 Å². The van der Waals surface area contributed by atoms with Crippen molar-refractivity contribution in [2.75, 3.05) is 5.32 Å². The molecule has 3 rings (SSSR count). The Morgan fingerprint density at radius 3 is 2.68 bits per heavy atom. The van der Waals surface area contributed by atoms with E-state index in [1.807, 2.05) is 38.1 Å². The van der Waals surface area contributed by atoms with Crippen molar-refractivity contribution in [1.82, 2.24) is 15.3 Å². The van der Waals surface area contributed by atoms with Gasteiger partial charge in [0.2, 0.25) is 11.9 Å². The number of hydrogen-bond acceptors (Lipinski definition) is 3. The first-order valence-corrected chi connectivity index (χ1v) is 9.28. The van der Waals surface area contributed by atoms with Crippen LogP contribution in [0.1, 0.15) is 30.6 Å². The van der Waals surface area contributed by atoms with Crippen LogP contribution in [0, 0.1) is 11.7 Å². The molecule has 2 amide bonds. The second kappa shape index (κ2) is 8.39. The molecule has 0 saturated heterocycles. The second-order valence-electron chi connectivity index (χ2n) is 6.56. The normalized spacial score (nSPS) is 13.1. The number of nitrogens with one attached hydrogen (secondary N) is 3. The molecule has 0 aliphatic carbocycles. The van der Waals surface area contributed by atoms with Crippen LogP contribution in [0.3, 0.4) is 0 Å². The van der Waals surface area contributed by atoms with Gasteiger partial charge in [0.25, 0.3) is 5.91 Å². The van der Waals surface area contributed by atoms with Crippen LogP contribution in [0.2, 0.25) is 5.02 Å². The third-order valence-electron chi connectivity index (χ3n) is 4.59. The van der Waals surface area contributed by atoms with Crippen LogP contribution in [0.15, 0.2) is 42.5 Å². The van der Waals surface area contributed by atoms with Crippen LogP contribution in [-0.4, -0.2) is 27.8 Å². The van der Waals surface area contributed by atoms with Crippen LogP contribution < -0.4 is 10.6 Å². The summed E-state index contributed by atoms with van der Waals surface area (Å²) in [5.41, 5.74) is 1.70. The van der Waals surface area contributed by atoms with Gasteiger partial charge in [0.15, 0.2) is 0 Å². The molecule has 0 aliphatic rings. The summed E-state index contributed by atoms with van der Waals surface area (Å²) in [4.78, 5) is 32.7. The van der Waals surface area contributed by atoms with Crippen LogP contribution >= 0.6 is 11.6 Å². The quantitative estimate of drug-likeness (QED) is 0.579. The number of fused-ring (bicyclic) bond motifs is 1. The van der Waals surface area contributed by atoms with E-state index in [0.717, 1.165) is 17.1 Å². The number of carbonyl (C=O) groups is 2. The van der Waals surface area contributed by atoms with Crippen molar-refractivity contribution in [3.63, 3.8) is 0 Å². The average Bonchev–Trinajstić information content (AvgIpc) is 3.09. The molecule has 0 bridgehead atoms. The van der Waals surface area contributed by atoms with Gasteiger partial charge in [0.1, 0.15) is 11.9 Å². The molecule has 8 heteroatoms. The van der Waals surface area contributed by atoms with Crippen LogP contribution in [-0.2, 0) is 4.79 Å². The molecule has 0 fully saturated rings. The van der Waals surface area contributed by atoms with E-state index in [0.29, 0.717) is 12.4 Å². The minimum atomic E-state index is -0.797. The van der Waals surface area contributed by atoms with Crippen molar-refractivity contribution in [2.24, 2.45) is 5.92 Å². The Morgan fingerprint density at radius 2 is 2.00 bits per heavy atom. The Bertz CT molecular complexity index is 987. The summed E-state index contributed by atoms with van der Waals surface area (Å²) in [6.45, 7) is 3.79. The van der Waals surface area contributed by atoms with E-state index < -0.39 is 23.7 Å². The number of aromatic amines is 1. The fourth-order valence-corrected chi connectivity index (χ4v) is 2.95. The molecular formula is C20H20ClFN4O2. The molecule has 28 heavy (non-hydrogen) atoms. The van der Waals surface area contributed by atoms with Crippen molar-refractivity contribution < 1.29 is 14.0 Å². The van der Waals surface area contributed by atoms with Gasteiger partial charge in [-0.15, -0.1) is 0 Å². The first-order chi connectivity index (χ1) is 13.4. The highest BCUT2D eigenvalue weighted by molar-refractivity contribution is 6.31. The van der Waals surface area contributed by atoms with E-state index in [2.05, 4.69) is 20.6 Å². The fraction of sp³-hybridized carbons (Fsp3) is 0.250. The number of halogens is 2. The number of H-pyrrole nitrogens is 1. The van der Waals surface area contributed by atoms with Crippen LogP contribution in [0.25, 0.3) is 11.0 Å². The number of amides is 2. The second-order valence-corrected chi connectivity index (χ2v) is 6.96. The van der Waals surface area contributed by atoms with E-state index >= 15 is 0 Å². The predicted octanol–water partition coefficient (Wildman–Crippen LogP) is 4.14. The lowest BCUT2D eigenvalue weighted by Crippen LogP contribution is -2.47. The van der Waals surface area contributed by atoms with E-state index in [-0.39, 0.29) is 16.5 Å². The molecule has 3 N–H and O–H groups in total. The summed E-state index contributed by atoms with van der Waals surface area (Å²) in [7, 11) is 0. The van der Waals surface area contributed by atoms with Gasteiger partial charge in [-0.2, -0.15) is 0 Å². The van der Waals surface area contributed by atoms with Crippen molar-refractivity contribution in [1.29, 1.82) is 0 Å². The van der Waals surface area contributed by atoms with E-state index in [1.165, 1.54) is 12.1 Å². The number of nitrogens with zero attached hydrogens (tertiary/aromatic N) is 1. The number of rotatable bonds is 6. The molecule has 146 valence electrons. The maximum Gasteiger partial charge on any atom is 0.251 e. The fourth-order valence-electron chi connectivity index (χ4n) is 2.77.